The summed E-state index contributed by atoms with van der Waals surface area (Å²) >= 11 is 1.72. The van der Waals surface area contributed by atoms with Gasteiger partial charge in [-0.2, -0.15) is 4.98 Å². The zero-order valence-corrected chi connectivity index (χ0v) is 16.4. The van der Waals surface area contributed by atoms with Gasteiger partial charge in [-0.1, -0.05) is 12.1 Å². The summed E-state index contributed by atoms with van der Waals surface area (Å²) in [7, 11) is 5.76. The lowest BCUT2D eigenvalue weighted by molar-refractivity contribution is 0.194. The van der Waals surface area contributed by atoms with Crippen molar-refractivity contribution in [2.24, 2.45) is 0 Å². The van der Waals surface area contributed by atoms with Gasteiger partial charge in [0.05, 0.1) is 6.04 Å². The van der Waals surface area contributed by atoms with E-state index >= 15 is 0 Å². The summed E-state index contributed by atoms with van der Waals surface area (Å²) in [5.74, 6) is 1.14. The van der Waals surface area contributed by atoms with Gasteiger partial charge < -0.3 is 19.6 Å². The molecule has 2 heterocycles. The first kappa shape index (κ1) is 19.4. The van der Waals surface area contributed by atoms with E-state index in [2.05, 4.69) is 45.7 Å². The zero-order valence-electron chi connectivity index (χ0n) is 15.6. The lowest BCUT2D eigenvalue weighted by atomic mass is 10.1. The molecule has 1 atom stereocenters. The molecule has 0 unspecified atom stereocenters. The number of amides is 2. The van der Waals surface area contributed by atoms with Gasteiger partial charge in [0.2, 0.25) is 5.89 Å². The standard InChI is InChI=1S/C17H27N5O2S/c1-6-7-14-19-15(24-20-14)11-22(5)17(23)18-10-13(21(3)4)16-12(2)8-9-25-16/h8-9,13H,6-7,10-11H2,1-5H3,(H,18,23)/t13-/m1/s1. The zero-order chi connectivity index (χ0) is 18.4. The van der Waals surface area contributed by atoms with Gasteiger partial charge in [-0.3, -0.25) is 0 Å². The Morgan fingerprint density at radius 3 is 2.76 bits per heavy atom. The highest BCUT2D eigenvalue weighted by molar-refractivity contribution is 7.10. The molecule has 2 aromatic rings. The second-order valence-corrected chi connectivity index (χ2v) is 7.29. The van der Waals surface area contributed by atoms with Gasteiger partial charge >= 0.3 is 6.03 Å². The van der Waals surface area contributed by atoms with E-state index in [-0.39, 0.29) is 12.1 Å². The first-order chi connectivity index (χ1) is 11.9. The number of urea groups is 1. The number of likely N-dealkylation sites (N-methyl/N-ethyl adjacent to an activating group) is 1. The maximum atomic E-state index is 12.4. The van der Waals surface area contributed by atoms with Crippen molar-refractivity contribution >= 4 is 17.4 Å². The summed E-state index contributed by atoms with van der Waals surface area (Å²) in [6.45, 7) is 5.00. The van der Waals surface area contributed by atoms with Crippen LogP contribution in [0.5, 0.6) is 0 Å². The Kier molecular flexibility index (Phi) is 6.95. The quantitative estimate of drug-likeness (QED) is 0.779. The lowest BCUT2D eigenvalue weighted by Crippen LogP contribution is -2.41. The summed E-state index contributed by atoms with van der Waals surface area (Å²) in [4.78, 5) is 21.6. The molecule has 0 radical (unpaired) electrons. The minimum absolute atomic E-state index is 0.150. The fourth-order valence-corrected chi connectivity index (χ4v) is 3.63. The van der Waals surface area contributed by atoms with Crippen molar-refractivity contribution < 1.29 is 9.32 Å². The Labute approximate surface area is 153 Å². The maximum absolute atomic E-state index is 12.4. The van der Waals surface area contributed by atoms with Crippen molar-refractivity contribution in [3.8, 4) is 0 Å². The van der Waals surface area contributed by atoms with E-state index in [0.717, 1.165) is 12.8 Å². The minimum Gasteiger partial charge on any atom is -0.337 e. The topological polar surface area (TPSA) is 74.5 Å². The number of hydrogen-bond acceptors (Lipinski definition) is 6. The van der Waals surface area contributed by atoms with Gasteiger partial charge in [0.1, 0.15) is 6.54 Å². The number of aromatic nitrogens is 2. The summed E-state index contributed by atoms with van der Waals surface area (Å²) in [6.07, 6.45) is 1.74. The Hall–Kier alpha value is -1.93. The van der Waals surface area contributed by atoms with Crippen molar-refractivity contribution in [2.75, 3.05) is 27.7 Å². The van der Waals surface area contributed by atoms with Gasteiger partial charge in [0.25, 0.3) is 0 Å². The van der Waals surface area contributed by atoms with E-state index in [0.29, 0.717) is 24.8 Å². The van der Waals surface area contributed by atoms with Crippen LogP contribution < -0.4 is 5.32 Å². The molecule has 2 rings (SSSR count). The van der Waals surface area contributed by atoms with Crippen LogP contribution in [0.3, 0.4) is 0 Å². The lowest BCUT2D eigenvalue weighted by Gasteiger charge is -2.26. The third-order valence-electron chi connectivity index (χ3n) is 3.98. The fraction of sp³-hybridized carbons (Fsp3) is 0.588. The Bertz CT molecular complexity index is 682. The SMILES string of the molecule is CCCc1noc(CN(C)C(=O)NC[C@H](c2sccc2C)N(C)C)n1. The van der Waals surface area contributed by atoms with Crippen molar-refractivity contribution in [3.05, 3.63) is 33.6 Å². The second kappa shape index (κ2) is 8.96. The van der Waals surface area contributed by atoms with E-state index in [4.69, 9.17) is 4.52 Å². The van der Waals surface area contributed by atoms with E-state index in [1.165, 1.54) is 10.4 Å². The van der Waals surface area contributed by atoms with Crippen molar-refractivity contribution in [1.82, 2.24) is 25.3 Å². The summed E-state index contributed by atoms with van der Waals surface area (Å²) in [6, 6.07) is 2.10. The van der Waals surface area contributed by atoms with Crippen molar-refractivity contribution in [3.63, 3.8) is 0 Å². The average molecular weight is 366 g/mol. The number of thiophene rings is 1. The molecule has 0 aliphatic heterocycles. The summed E-state index contributed by atoms with van der Waals surface area (Å²) in [5, 5.41) is 8.99. The van der Waals surface area contributed by atoms with Crippen LogP contribution in [0.1, 0.15) is 41.5 Å². The van der Waals surface area contributed by atoms with Gasteiger partial charge in [-0.15, -0.1) is 11.3 Å². The van der Waals surface area contributed by atoms with E-state index in [1.54, 1.807) is 23.3 Å². The second-order valence-electron chi connectivity index (χ2n) is 6.34. The Morgan fingerprint density at radius 1 is 1.40 bits per heavy atom. The summed E-state index contributed by atoms with van der Waals surface area (Å²) in [5.41, 5.74) is 1.25. The molecule has 2 amide bonds. The largest absolute Gasteiger partial charge is 0.337 e. The van der Waals surface area contributed by atoms with Crippen LogP contribution >= 0.6 is 11.3 Å². The molecule has 1 N–H and O–H groups in total. The van der Waals surface area contributed by atoms with Gasteiger partial charge in [-0.25, -0.2) is 4.79 Å². The average Bonchev–Trinajstić information content (AvgIpc) is 3.17. The molecule has 8 heteroatoms. The third kappa shape index (κ3) is 5.27. The molecule has 0 aliphatic rings. The number of nitrogens with one attached hydrogen (secondary N) is 1. The van der Waals surface area contributed by atoms with Crippen LogP contribution in [0.4, 0.5) is 4.79 Å². The highest BCUT2D eigenvalue weighted by atomic mass is 32.1. The van der Waals surface area contributed by atoms with Gasteiger partial charge in [0, 0.05) is 24.9 Å². The number of nitrogens with zero attached hydrogens (tertiary/aromatic N) is 4. The Balaban J connectivity index is 1.90. The number of aryl methyl sites for hydroxylation is 2. The number of carbonyl (C=O) groups is 1. The number of rotatable bonds is 8. The maximum Gasteiger partial charge on any atom is 0.317 e. The molecule has 2 aromatic heterocycles. The van der Waals surface area contributed by atoms with E-state index in [1.807, 2.05) is 14.1 Å². The predicted molar refractivity (Wildman–Crippen MR) is 98.6 cm³/mol. The molecular weight excluding hydrogens is 338 g/mol. The van der Waals surface area contributed by atoms with Crippen LogP contribution in [0, 0.1) is 6.92 Å². The van der Waals surface area contributed by atoms with E-state index < -0.39 is 0 Å². The highest BCUT2D eigenvalue weighted by Gasteiger charge is 2.20. The van der Waals surface area contributed by atoms with Gasteiger partial charge in [0.15, 0.2) is 5.82 Å². The molecule has 0 spiro atoms. The first-order valence-electron chi connectivity index (χ1n) is 8.43. The molecule has 0 aromatic carbocycles. The normalized spacial score (nSPS) is 12.4. The van der Waals surface area contributed by atoms with Crippen LogP contribution in [-0.4, -0.2) is 53.7 Å². The third-order valence-corrected chi connectivity index (χ3v) is 5.10. The smallest absolute Gasteiger partial charge is 0.317 e. The monoisotopic (exact) mass is 365 g/mol. The number of carbonyl (C=O) groups excluding carboxylic acids is 1. The van der Waals surface area contributed by atoms with Gasteiger partial charge in [-0.05, 0) is 44.4 Å². The molecule has 0 saturated carbocycles. The first-order valence-corrected chi connectivity index (χ1v) is 9.31. The molecule has 25 heavy (non-hydrogen) atoms. The molecular formula is C17H27N5O2S. The Morgan fingerprint density at radius 2 is 2.16 bits per heavy atom. The highest BCUT2D eigenvalue weighted by Crippen LogP contribution is 2.26. The van der Waals surface area contributed by atoms with E-state index in [9.17, 15) is 4.79 Å². The molecule has 0 bridgehead atoms. The molecule has 0 saturated heterocycles. The molecule has 7 nitrogen and oxygen atoms in total. The van der Waals surface area contributed by atoms with Crippen LogP contribution in [-0.2, 0) is 13.0 Å². The van der Waals surface area contributed by atoms with Crippen LogP contribution in [0.15, 0.2) is 16.0 Å². The van der Waals surface area contributed by atoms with Crippen molar-refractivity contribution in [2.45, 2.75) is 39.3 Å². The molecule has 0 aliphatic carbocycles. The molecule has 138 valence electrons. The fourth-order valence-electron chi connectivity index (χ4n) is 2.51. The summed E-state index contributed by atoms with van der Waals surface area (Å²) < 4.78 is 5.19. The molecule has 0 fully saturated rings. The van der Waals surface area contributed by atoms with Crippen molar-refractivity contribution in [1.29, 1.82) is 0 Å². The minimum atomic E-state index is -0.156. The van der Waals surface area contributed by atoms with Crippen LogP contribution in [0.25, 0.3) is 0 Å². The van der Waals surface area contributed by atoms with Crippen LogP contribution in [0.2, 0.25) is 0 Å². The number of hydrogen-bond donors (Lipinski definition) is 1. The predicted octanol–water partition coefficient (Wildman–Crippen LogP) is 2.84.